The van der Waals surface area contributed by atoms with Gasteiger partial charge in [-0.1, -0.05) is 48.5 Å². The Labute approximate surface area is 172 Å². The topological polar surface area (TPSA) is 44.4 Å². The Morgan fingerprint density at radius 1 is 1.00 bits per heavy atom. The number of hydrogen-bond acceptors (Lipinski definition) is 3. The van der Waals surface area contributed by atoms with Crippen molar-refractivity contribution in [1.82, 2.24) is 10.6 Å². The number of benzene rings is 3. The molecule has 1 aliphatic rings. The first-order valence-electron chi connectivity index (χ1n) is 9.56. The minimum atomic E-state index is -0.0635. The zero-order valence-corrected chi connectivity index (χ0v) is 16.8. The van der Waals surface area contributed by atoms with Gasteiger partial charge in [-0.2, -0.15) is 0 Å². The SMILES string of the molecule is CC(NC(=O)c1cccc(N2CCNCC2)c1)c1cccc2ccccc12.Cl. The van der Waals surface area contributed by atoms with E-state index in [9.17, 15) is 4.79 Å². The highest BCUT2D eigenvalue weighted by Gasteiger charge is 2.16. The van der Waals surface area contributed by atoms with Gasteiger partial charge < -0.3 is 15.5 Å². The molecule has 146 valence electrons. The minimum Gasteiger partial charge on any atom is -0.369 e. The molecule has 1 atom stereocenters. The van der Waals surface area contributed by atoms with Crippen molar-refractivity contribution in [1.29, 1.82) is 0 Å². The van der Waals surface area contributed by atoms with E-state index < -0.39 is 0 Å². The molecule has 0 spiro atoms. The fourth-order valence-electron chi connectivity index (χ4n) is 3.75. The predicted molar refractivity (Wildman–Crippen MR) is 119 cm³/mol. The summed E-state index contributed by atoms with van der Waals surface area (Å²) < 4.78 is 0. The zero-order chi connectivity index (χ0) is 18.6. The Hall–Kier alpha value is -2.56. The first-order valence-corrected chi connectivity index (χ1v) is 9.56. The molecule has 3 aromatic rings. The van der Waals surface area contributed by atoms with Crippen LogP contribution in [0, 0.1) is 0 Å². The average Bonchev–Trinajstić information content (AvgIpc) is 2.74. The highest BCUT2D eigenvalue weighted by Crippen LogP contribution is 2.24. The normalized spacial score (nSPS) is 15.0. The van der Waals surface area contributed by atoms with E-state index in [1.807, 2.05) is 43.3 Å². The molecule has 0 radical (unpaired) electrons. The van der Waals surface area contributed by atoms with Gasteiger partial charge in [0.05, 0.1) is 6.04 Å². The number of fused-ring (bicyclic) bond motifs is 1. The van der Waals surface area contributed by atoms with Crippen molar-refractivity contribution in [3.63, 3.8) is 0 Å². The molecule has 0 aliphatic carbocycles. The Balaban J connectivity index is 0.00000225. The number of rotatable bonds is 4. The molecule has 2 N–H and O–H groups in total. The largest absolute Gasteiger partial charge is 0.369 e. The standard InChI is InChI=1S/C23H25N3O.ClH/c1-17(21-11-5-7-18-6-2-3-10-22(18)21)25-23(27)19-8-4-9-20(16-19)26-14-12-24-13-15-26;/h2-11,16-17,24H,12-15H2,1H3,(H,25,27);1H. The van der Waals surface area contributed by atoms with Crippen LogP contribution in [0.25, 0.3) is 10.8 Å². The quantitative estimate of drug-likeness (QED) is 0.697. The summed E-state index contributed by atoms with van der Waals surface area (Å²) in [4.78, 5) is 15.2. The molecule has 0 saturated carbocycles. The first-order chi connectivity index (χ1) is 13.2. The number of anilines is 1. The summed E-state index contributed by atoms with van der Waals surface area (Å²) in [5.41, 5.74) is 2.96. The summed E-state index contributed by atoms with van der Waals surface area (Å²) >= 11 is 0. The van der Waals surface area contributed by atoms with Crippen molar-refractivity contribution in [2.45, 2.75) is 13.0 Å². The lowest BCUT2D eigenvalue weighted by atomic mass is 9.99. The molecule has 1 amide bonds. The second kappa shape index (κ2) is 9.09. The molecule has 4 rings (SSSR count). The van der Waals surface area contributed by atoms with Crippen LogP contribution in [-0.4, -0.2) is 32.1 Å². The smallest absolute Gasteiger partial charge is 0.251 e. The van der Waals surface area contributed by atoms with Crippen molar-refractivity contribution in [2.75, 3.05) is 31.1 Å². The van der Waals surface area contributed by atoms with E-state index in [1.54, 1.807) is 0 Å². The molecule has 1 saturated heterocycles. The third kappa shape index (κ3) is 4.29. The van der Waals surface area contributed by atoms with E-state index in [4.69, 9.17) is 0 Å². The predicted octanol–water partition coefficient (Wildman–Crippen LogP) is 4.16. The molecule has 5 heteroatoms. The molecular formula is C23H26ClN3O. The van der Waals surface area contributed by atoms with Gasteiger partial charge in [-0.25, -0.2) is 0 Å². The van der Waals surface area contributed by atoms with E-state index in [-0.39, 0.29) is 24.4 Å². The van der Waals surface area contributed by atoms with Gasteiger partial charge in [-0.05, 0) is 41.5 Å². The van der Waals surface area contributed by atoms with E-state index in [0.29, 0.717) is 5.56 Å². The Morgan fingerprint density at radius 3 is 2.54 bits per heavy atom. The summed E-state index contributed by atoms with van der Waals surface area (Å²) in [7, 11) is 0. The van der Waals surface area contributed by atoms with E-state index >= 15 is 0 Å². The van der Waals surface area contributed by atoms with Crippen molar-refractivity contribution in [2.24, 2.45) is 0 Å². The van der Waals surface area contributed by atoms with Crippen LogP contribution in [0.4, 0.5) is 5.69 Å². The first kappa shape index (κ1) is 20.2. The third-order valence-electron chi connectivity index (χ3n) is 5.23. The highest BCUT2D eigenvalue weighted by atomic mass is 35.5. The molecule has 1 heterocycles. The molecule has 3 aromatic carbocycles. The maximum Gasteiger partial charge on any atom is 0.251 e. The molecule has 0 aromatic heterocycles. The Bertz CT molecular complexity index is 948. The van der Waals surface area contributed by atoms with Crippen molar-refractivity contribution >= 4 is 34.8 Å². The van der Waals surface area contributed by atoms with Crippen molar-refractivity contribution < 1.29 is 4.79 Å². The maximum absolute atomic E-state index is 12.9. The number of nitrogens with zero attached hydrogens (tertiary/aromatic N) is 1. The Kier molecular flexibility index (Phi) is 6.55. The van der Waals surface area contributed by atoms with Crippen LogP contribution in [0.3, 0.4) is 0 Å². The van der Waals surface area contributed by atoms with Gasteiger partial charge >= 0.3 is 0 Å². The van der Waals surface area contributed by atoms with Gasteiger partial charge in [0.2, 0.25) is 0 Å². The molecule has 1 unspecified atom stereocenters. The number of piperazine rings is 1. The van der Waals surface area contributed by atoms with E-state index in [2.05, 4.69) is 45.9 Å². The number of carbonyl (C=O) groups is 1. The van der Waals surface area contributed by atoms with E-state index in [0.717, 1.165) is 37.4 Å². The number of carbonyl (C=O) groups excluding carboxylic acids is 1. The lowest BCUT2D eigenvalue weighted by Crippen LogP contribution is -2.43. The van der Waals surface area contributed by atoms with Crippen LogP contribution < -0.4 is 15.5 Å². The second-order valence-electron chi connectivity index (χ2n) is 7.05. The number of amides is 1. The number of hydrogen-bond donors (Lipinski definition) is 2. The monoisotopic (exact) mass is 395 g/mol. The fourth-order valence-corrected chi connectivity index (χ4v) is 3.75. The Morgan fingerprint density at radius 2 is 1.71 bits per heavy atom. The van der Waals surface area contributed by atoms with Gasteiger partial charge in [-0.3, -0.25) is 4.79 Å². The molecule has 4 nitrogen and oxygen atoms in total. The minimum absolute atomic E-state index is 0. The maximum atomic E-state index is 12.9. The van der Waals surface area contributed by atoms with Crippen LogP contribution in [0.1, 0.15) is 28.9 Å². The third-order valence-corrected chi connectivity index (χ3v) is 5.23. The summed E-state index contributed by atoms with van der Waals surface area (Å²) in [6, 6.07) is 22.4. The molecular weight excluding hydrogens is 370 g/mol. The van der Waals surface area contributed by atoms with Gasteiger partial charge in [0.25, 0.3) is 5.91 Å². The zero-order valence-electron chi connectivity index (χ0n) is 16.0. The van der Waals surface area contributed by atoms with Crippen LogP contribution >= 0.6 is 12.4 Å². The van der Waals surface area contributed by atoms with Crippen LogP contribution in [0.15, 0.2) is 66.7 Å². The molecule has 1 fully saturated rings. The summed E-state index contributed by atoms with van der Waals surface area (Å²) in [6.07, 6.45) is 0. The lowest BCUT2D eigenvalue weighted by Gasteiger charge is -2.29. The fraction of sp³-hybridized carbons (Fsp3) is 0.261. The lowest BCUT2D eigenvalue weighted by molar-refractivity contribution is 0.0940. The second-order valence-corrected chi connectivity index (χ2v) is 7.05. The van der Waals surface area contributed by atoms with Gasteiger partial charge in [0, 0.05) is 37.4 Å². The number of nitrogens with one attached hydrogen (secondary N) is 2. The number of halogens is 1. The van der Waals surface area contributed by atoms with E-state index in [1.165, 1.54) is 10.8 Å². The summed E-state index contributed by atoms with van der Waals surface area (Å²) in [6.45, 7) is 5.94. The van der Waals surface area contributed by atoms with Crippen LogP contribution in [0.2, 0.25) is 0 Å². The van der Waals surface area contributed by atoms with Gasteiger partial charge in [0.1, 0.15) is 0 Å². The van der Waals surface area contributed by atoms with Crippen LogP contribution in [-0.2, 0) is 0 Å². The van der Waals surface area contributed by atoms with Gasteiger partial charge in [-0.15, -0.1) is 12.4 Å². The van der Waals surface area contributed by atoms with Crippen molar-refractivity contribution in [3.8, 4) is 0 Å². The molecule has 1 aliphatic heterocycles. The summed E-state index contributed by atoms with van der Waals surface area (Å²) in [5.74, 6) is -0.0348. The van der Waals surface area contributed by atoms with Crippen molar-refractivity contribution in [3.05, 3.63) is 77.9 Å². The summed E-state index contributed by atoms with van der Waals surface area (Å²) in [5, 5.41) is 8.90. The highest BCUT2D eigenvalue weighted by molar-refractivity contribution is 5.96. The molecule has 0 bridgehead atoms. The average molecular weight is 396 g/mol. The van der Waals surface area contributed by atoms with Gasteiger partial charge in [0.15, 0.2) is 0 Å². The van der Waals surface area contributed by atoms with Crippen LogP contribution in [0.5, 0.6) is 0 Å². The molecule has 28 heavy (non-hydrogen) atoms.